The molecule has 2 N–H and O–H groups in total. The number of anilines is 1. The Morgan fingerprint density at radius 3 is 2.70 bits per heavy atom. The van der Waals surface area contributed by atoms with Crippen LogP contribution in [0.4, 0.5) is 14.5 Å². The van der Waals surface area contributed by atoms with Gasteiger partial charge in [-0.1, -0.05) is 24.3 Å². The molecule has 20 heavy (non-hydrogen) atoms. The van der Waals surface area contributed by atoms with Crippen molar-refractivity contribution in [3.05, 3.63) is 65.2 Å². The van der Waals surface area contributed by atoms with Crippen LogP contribution in [0.1, 0.15) is 11.1 Å². The van der Waals surface area contributed by atoms with Crippen molar-refractivity contribution in [2.75, 3.05) is 11.4 Å². The van der Waals surface area contributed by atoms with Gasteiger partial charge in [0, 0.05) is 24.8 Å². The summed E-state index contributed by atoms with van der Waals surface area (Å²) in [6.45, 7) is 1.25. The number of halogens is 2. The van der Waals surface area contributed by atoms with Crippen LogP contribution in [0.3, 0.4) is 0 Å². The average molecular weight is 274 g/mol. The van der Waals surface area contributed by atoms with E-state index in [1.165, 1.54) is 17.7 Å². The van der Waals surface area contributed by atoms with Crippen LogP contribution in [0.2, 0.25) is 0 Å². The Morgan fingerprint density at radius 2 is 1.90 bits per heavy atom. The van der Waals surface area contributed by atoms with Crippen LogP contribution in [-0.2, 0) is 13.0 Å². The highest BCUT2D eigenvalue weighted by atomic mass is 19.2. The number of fused-ring (bicyclic) bond motifs is 1. The van der Waals surface area contributed by atoms with Gasteiger partial charge in [0.2, 0.25) is 0 Å². The third kappa shape index (κ3) is 2.51. The number of hydrogen-bond acceptors (Lipinski definition) is 2. The summed E-state index contributed by atoms with van der Waals surface area (Å²) in [5, 5.41) is 0. The van der Waals surface area contributed by atoms with Crippen LogP contribution in [0.25, 0.3) is 0 Å². The second-order valence-corrected chi connectivity index (χ2v) is 5.22. The molecule has 0 spiro atoms. The standard InChI is InChI=1S/C16H16F2N2/c17-14-6-5-11(7-15(14)18)9-20-10-13(19)8-12-3-1-2-4-16(12)20/h1-7,13H,8-10,19H2. The molecule has 1 heterocycles. The number of hydrogen-bond donors (Lipinski definition) is 1. The molecule has 1 aliphatic heterocycles. The number of nitrogens with two attached hydrogens (primary N) is 1. The molecule has 2 nitrogen and oxygen atoms in total. The molecule has 0 saturated heterocycles. The van der Waals surface area contributed by atoms with E-state index in [0.717, 1.165) is 24.2 Å². The first kappa shape index (κ1) is 13.1. The molecule has 2 aromatic rings. The van der Waals surface area contributed by atoms with E-state index < -0.39 is 11.6 Å². The van der Waals surface area contributed by atoms with E-state index >= 15 is 0 Å². The van der Waals surface area contributed by atoms with Crippen molar-refractivity contribution >= 4 is 5.69 Å². The molecular formula is C16H16F2N2. The van der Waals surface area contributed by atoms with Crippen molar-refractivity contribution in [1.82, 2.24) is 0 Å². The highest BCUT2D eigenvalue weighted by Crippen LogP contribution is 2.27. The SMILES string of the molecule is NC1Cc2ccccc2N(Cc2ccc(F)c(F)c2)C1. The predicted molar refractivity (Wildman–Crippen MR) is 75.5 cm³/mol. The van der Waals surface area contributed by atoms with Gasteiger partial charge >= 0.3 is 0 Å². The van der Waals surface area contributed by atoms with Gasteiger partial charge in [-0.25, -0.2) is 8.78 Å². The Morgan fingerprint density at radius 1 is 1.10 bits per heavy atom. The van der Waals surface area contributed by atoms with Crippen LogP contribution in [0, 0.1) is 11.6 Å². The van der Waals surface area contributed by atoms with Crippen LogP contribution in [-0.4, -0.2) is 12.6 Å². The lowest BCUT2D eigenvalue weighted by Gasteiger charge is -2.34. The van der Waals surface area contributed by atoms with E-state index in [9.17, 15) is 8.78 Å². The summed E-state index contributed by atoms with van der Waals surface area (Å²) in [6.07, 6.45) is 0.852. The largest absolute Gasteiger partial charge is 0.365 e. The Bertz CT molecular complexity index is 628. The highest BCUT2D eigenvalue weighted by molar-refractivity contribution is 5.56. The second-order valence-electron chi connectivity index (χ2n) is 5.22. The zero-order chi connectivity index (χ0) is 14.1. The number of benzene rings is 2. The fraction of sp³-hybridized carbons (Fsp3) is 0.250. The van der Waals surface area contributed by atoms with Crippen LogP contribution >= 0.6 is 0 Å². The van der Waals surface area contributed by atoms with Crippen LogP contribution in [0.5, 0.6) is 0 Å². The minimum atomic E-state index is -0.815. The highest BCUT2D eigenvalue weighted by Gasteiger charge is 2.21. The number of nitrogens with zero attached hydrogens (tertiary/aromatic N) is 1. The Labute approximate surface area is 116 Å². The van der Waals surface area contributed by atoms with Crippen molar-refractivity contribution < 1.29 is 8.78 Å². The zero-order valence-electron chi connectivity index (χ0n) is 11.0. The molecule has 0 bridgehead atoms. The molecule has 0 amide bonds. The molecule has 0 saturated carbocycles. The quantitative estimate of drug-likeness (QED) is 0.912. The first-order valence-electron chi connectivity index (χ1n) is 6.66. The van der Waals surface area contributed by atoms with E-state index in [0.29, 0.717) is 6.54 Å². The summed E-state index contributed by atoms with van der Waals surface area (Å²) in [7, 11) is 0. The normalized spacial score (nSPS) is 17.9. The van der Waals surface area contributed by atoms with E-state index in [-0.39, 0.29) is 6.04 Å². The maximum absolute atomic E-state index is 13.3. The van der Waals surface area contributed by atoms with Gasteiger partial charge in [-0.3, -0.25) is 0 Å². The summed E-state index contributed by atoms with van der Waals surface area (Å²) in [4.78, 5) is 2.12. The number of rotatable bonds is 2. The smallest absolute Gasteiger partial charge is 0.159 e. The van der Waals surface area contributed by atoms with Crippen LogP contribution < -0.4 is 10.6 Å². The molecule has 0 aromatic heterocycles. The molecule has 1 aliphatic rings. The van der Waals surface area contributed by atoms with Crippen LogP contribution in [0.15, 0.2) is 42.5 Å². The maximum Gasteiger partial charge on any atom is 0.159 e. The third-order valence-electron chi connectivity index (χ3n) is 3.63. The summed E-state index contributed by atoms with van der Waals surface area (Å²) < 4.78 is 26.3. The summed E-state index contributed by atoms with van der Waals surface area (Å²) >= 11 is 0. The van der Waals surface area contributed by atoms with Crippen molar-refractivity contribution in [1.29, 1.82) is 0 Å². The molecule has 0 aliphatic carbocycles. The molecule has 0 fully saturated rings. The minimum Gasteiger partial charge on any atom is -0.365 e. The Hall–Kier alpha value is -1.94. The van der Waals surface area contributed by atoms with Crippen molar-refractivity contribution in [2.45, 2.75) is 19.0 Å². The summed E-state index contributed by atoms with van der Waals surface area (Å²) in [6, 6.07) is 12.2. The fourth-order valence-electron chi connectivity index (χ4n) is 2.73. The molecule has 3 rings (SSSR count). The van der Waals surface area contributed by atoms with Crippen molar-refractivity contribution in [2.24, 2.45) is 5.73 Å². The molecule has 4 heteroatoms. The van der Waals surface area contributed by atoms with Crippen molar-refractivity contribution in [3.8, 4) is 0 Å². The van der Waals surface area contributed by atoms with E-state index in [2.05, 4.69) is 11.0 Å². The molecular weight excluding hydrogens is 258 g/mol. The van der Waals surface area contributed by atoms with Gasteiger partial charge in [0.05, 0.1) is 0 Å². The van der Waals surface area contributed by atoms with E-state index in [1.54, 1.807) is 6.07 Å². The Kier molecular flexibility index (Phi) is 3.40. The molecule has 1 atom stereocenters. The van der Waals surface area contributed by atoms with Crippen molar-refractivity contribution in [3.63, 3.8) is 0 Å². The second kappa shape index (κ2) is 5.21. The lowest BCUT2D eigenvalue weighted by atomic mass is 9.98. The zero-order valence-corrected chi connectivity index (χ0v) is 11.0. The minimum absolute atomic E-state index is 0.0650. The first-order valence-corrected chi connectivity index (χ1v) is 6.66. The fourth-order valence-corrected chi connectivity index (χ4v) is 2.73. The van der Waals surface area contributed by atoms with Gasteiger partial charge in [0.25, 0.3) is 0 Å². The summed E-state index contributed by atoms with van der Waals surface area (Å²) in [5.74, 6) is -1.62. The molecule has 1 unspecified atom stereocenters. The maximum atomic E-state index is 13.3. The van der Waals surface area contributed by atoms with E-state index in [4.69, 9.17) is 5.73 Å². The van der Waals surface area contributed by atoms with Gasteiger partial charge in [0.15, 0.2) is 11.6 Å². The van der Waals surface area contributed by atoms with Gasteiger partial charge in [-0.2, -0.15) is 0 Å². The molecule has 104 valence electrons. The molecule has 0 radical (unpaired) electrons. The third-order valence-corrected chi connectivity index (χ3v) is 3.63. The monoisotopic (exact) mass is 274 g/mol. The first-order chi connectivity index (χ1) is 9.63. The average Bonchev–Trinajstić information content (AvgIpc) is 2.43. The lowest BCUT2D eigenvalue weighted by molar-refractivity contribution is 0.506. The topological polar surface area (TPSA) is 29.3 Å². The number of para-hydroxylation sites is 1. The predicted octanol–water partition coefficient (Wildman–Crippen LogP) is 2.85. The van der Waals surface area contributed by atoms with Gasteiger partial charge in [-0.15, -0.1) is 0 Å². The van der Waals surface area contributed by atoms with E-state index in [1.807, 2.05) is 18.2 Å². The van der Waals surface area contributed by atoms with Gasteiger partial charge in [0.1, 0.15) is 0 Å². The molecule has 2 aromatic carbocycles. The van der Waals surface area contributed by atoms with Gasteiger partial charge < -0.3 is 10.6 Å². The van der Waals surface area contributed by atoms with Gasteiger partial charge in [-0.05, 0) is 35.7 Å². The summed E-state index contributed by atoms with van der Waals surface area (Å²) in [5.41, 5.74) is 9.14. The lowest BCUT2D eigenvalue weighted by Crippen LogP contribution is -2.42. The Balaban J connectivity index is 1.89.